The maximum atomic E-state index is 11.7. The number of Topliss-reactive ketones (excluding diaryl/α,β-unsaturated/α-hetero) is 2. The average Bonchev–Trinajstić information content (AvgIpc) is 2.58. The fraction of sp³-hybridized carbons (Fsp3) is 0.167. The molecule has 22 heavy (non-hydrogen) atoms. The van der Waals surface area contributed by atoms with Gasteiger partial charge in [-0.2, -0.15) is 0 Å². The second kappa shape index (κ2) is 6.45. The summed E-state index contributed by atoms with van der Waals surface area (Å²) in [7, 11) is 0. The predicted molar refractivity (Wildman–Crippen MR) is 84.7 cm³/mol. The Labute approximate surface area is 128 Å². The molecule has 0 radical (unpaired) electrons. The minimum absolute atomic E-state index is 0.338. The second-order valence-electron chi connectivity index (χ2n) is 5.18. The first-order valence-electron chi connectivity index (χ1n) is 7.20. The fourth-order valence-electron chi connectivity index (χ4n) is 2.36. The monoisotopic (exact) mass is 292 g/mol. The summed E-state index contributed by atoms with van der Waals surface area (Å²) in [5.41, 5.74) is 2.42. The van der Waals surface area contributed by atoms with Crippen molar-refractivity contribution in [3.05, 3.63) is 71.8 Å². The SMILES string of the molecule is O=C1C(=O)[C@@H](NCc2ccccc2)C1=NCc1ccccc1. The lowest BCUT2D eigenvalue weighted by atomic mass is 9.86. The van der Waals surface area contributed by atoms with Crippen molar-refractivity contribution in [1.82, 2.24) is 5.32 Å². The van der Waals surface area contributed by atoms with Crippen molar-refractivity contribution in [2.45, 2.75) is 19.1 Å². The molecule has 0 saturated heterocycles. The molecular formula is C18H16N2O2. The van der Waals surface area contributed by atoms with E-state index in [4.69, 9.17) is 0 Å². The largest absolute Gasteiger partial charge is 0.298 e. The highest BCUT2D eigenvalue weighted by molar-refractivity contribution is 6.80. The molecule has 1 fully saturated rings. The molecule has 0 heterocycles. The molecule has 0 unspecified atom stereocenters. The number of nitrogens with one attached hydrogen (secondary N) is 1. The van der Waals surface area contributed by atoms with Crippen molar-refractivity contribution in [2.24, 2.45) is 4.99 Å². The summed E-state index contributed by atoms with van der Waals surface area (Å²) < 4.78 is 0. The van der Waals surface area contributed by atoms with E-state index in [1.165, 1.54) is 0 Å². The summed E-state index contributed by atoms with van der Waals surface area (Å²) >= 11 is 0. The number of hydrogen-bond acceptors (Lipinski definition) is 4. The van der Waals surface area contributed by atoms with Gasteiger partial charge in [0, 0.05) is 6.54 Å². The molecule has 1 atom stereocenters. The molecule has 0 spiro atoms. The Bertz CT molecular complexity index is 708. The van der Waals surface area contributed by atoms with Gasteiger partial charge in [-0.3, -0.25) is 19.9 Å². The number of benzene rings is 2. The van der Waals surface area contributed by atoms with Gasteiger partial charge in [-0.1, -0.05) is 60.7 Å². The molecule has 1 aliphatic rings. The van der Waals surface area contributed by atoms with Crippen LogP contribution in [0, 0.1) is 0 Å². The normalized spacial score (nSPS) is 19.3. The van der Waals surface area contributed by atoms with Crippen LogP contribution in [0.5, 0.6) is 0 Å². The maximum absolute atomic E-state index is 11.7. The van der Waals surface area contributed by atoms with Gasteiger partial charge < -0.3 is 0 Å². The number of carbonyl (C=O) groups excluding carboxylic acids is 2. The van der Waals surface area contributed by atoms with Gasteiger partial charge in [-0.05, 0) is 11.1 Å². The van der Waals surface area contributed by atoms with Crippen LogP contribution in [0.3, 0.4) is 0 Å². The molecule has 0 aliphatic heterocycles. The van der Waals surface area contributed by atoms with E-state index in [-0.39, 0.29) is 0 Å². The van der Waals surface area contributed by atoms with Crippen LogP contribution in [-0.2, 0) is 22.7 Å². The molecule has 3 rings (SSSR count). The molecule has 4 heteroatoms. The molecular weight excluding hydrogens is 276 g/mol. The van der Waals surface area contributed by atoms with E-state index >= 15 is 0 Å². The highest BCUT2D eigenvalue weighted by Gasteiger charge is 2.45. The zero-order chi connectivity index (χ0) is 15.4. The number of aliphatic imine (C=N–C) groups is 1. The van der Waals surface area contributed by atoms with Crippen LogP contribution in [0.15, 0.2) is 65.7 Å². The van der Waals surface area contributed by atoms with E-state index in [0.29, 0.717) is 18.8 Å². The Kier molecular flexibility index (Phi) is 4.21. The quantitative estimate of drug-likeness (QED) is 0.857. The van der Waals surface area contributed by atoms with Crippen molar-refractivity contribution in [3.63, 3.8) is 0 Å². The highest BCUT2D eigenvalue weighted by Crippen LogP contribution is 2.12. The van der Waals surface area contributed by atoms with Crippen LogP contribution in [0.25, 0.3) is 0 Å². The standard InChI is InChI=1S/C18H16N2O2/c21-17-15(19-11-13-7-3-1-4-8-13)16(18(17)22)20-12-14-9-5-2-6-10-14/h1-10,15,19H,11-12H2/t15-/m0/s1. The molecule has 0 bridgehead atoms. The van der Waals surface area contributed by atoms with Gasteiger partial charge in [0.2, 0.25) is 11.6 Å². The van der Waals surface area contributed by atoms with Gasteiger partial charge in [-0.25, -0.2) is 0 Å². The highest BCUT2D eigenvalue weighted by atomic mass is 16.2. The topological polar surface area (TPSA) is 58.5 Å². The maximum Gasteiger partial charge on any atom is 0.246 e. The minimum atomic E-state index is -0.573. The molecule has 2 aromatic carbocycles. The minimum Gasteiger partial charge on any atom is -0.298 e. The number of ketones is 2. The third-order valence-corrected chi connectivity index (χ3v) is 3.62. The summed E-state index contributed by atoms with van der Waals surface area (Å²) in [5, 5.41) is 3.10. The van der Waals surface area contributed by atoms with Crippen molar-refractivity contribution in [2.75, 3.05) is 0 Å². The number of nitrogens with zero attached hydrogens (tertiary/aromatic N) is 1. The average molecular weight is 292 g/mol. The first kappa shape index (κ1) is 14.4. The third-order valence-electron chi connectivity index (χ3n) is 3.62. The number of hydrogen-bond donors (Lipinski definition) is 1. The van der Waals surface area contributed by atoms with E-state index in [9.17, 15) is 9.59 Å². The van der Waals surface area contributed by atoms with Gasteiger partial charge in [0.25, 0.3) is 0 Å². The van der Waals surface area contributed by atoms with Crippen molar-refractivity contribution in [3.8, 4) is 0 Å². The number of carbonyl (C=O) groups is 2. The smallest absolute Gasteiger partial charge is 0.246 e. The zero-order valence-corrected chi connectivity index (χ0v) is 12.0. The van der Waals surface area contributed by atoms with Crippen LogP contribution < -0.4 is 5.32 Å². The second-order valence-corrected chi connectivity index (χ2v) is 5.18. The molecule has 1 N–H and O–H groups in total. The van der Waals surface area contributed by atoms with Crippen LogP contribution >= 0.6 is 0 Å². The lowest BCUT2D eigenvalue weighted by Crippen LogP contribution is -2.61. The van der Waals surface area contributed by atoms with Gasteiger partial charge in [0.15, 0.2) is 0 Å². The molecule has 4 nitrogen and oxygen atoms in total. The Balaban J connectivity index is 1.65. The van der Waals surface area contributed by atoms with Crippen LogP contribution in [-0.4, -0.2) is 23.3 Å². The summed E-state index contributed by atoms with van der Waals surface area (Å²) in [6, 6.07) is 18.9. The summed E-state index contributed by atoms with van der Waals surface area (Å²) in [6.45, 7) is 0.952. The van der Waals surface area contributed by atoms with Crippen molar-refractivity contribution < 1.29 is 9.59 Å². The van der Waals surface area contributed by atoms with E-state index < -0.39 is 17.6 Å². The van der Waals surface area contributed by atoms with E-state index in [0.717, 1.165) is 11.1 Å². The lowest BCUT2D eigenvalue weighted by Gasteiger charge is -2.26. The summed E-state index contributed by atoms with van der Waals surface area (Å²) in [4.78, 5) is 27.7. The van der Waals surface area contributed by atoms with E-state index in [2.05, 4.69) is 10.3 Å². The van der Waals surface area contributed by atoms with Crippen LogP contribution in [0.2, 0.25) is 0 Å². The first-order chi connectivity index (χ1) is 10.8. The zero-order valence-electron chi connectivity index (χ0n) is 12.0. The van der Waals surface area contributed by atoms with E-state index in [1.54, 1.807) is 0 Å². The summed E-state index contributed by atoms with van der Waals surface area (Å²) in [5.74, 6) is -0.871. The molecule has 0 amide bonds. The third kappa shape index (κ3) is 3.02. The molecule has 1 aliphatic carbocycles. The van der Waals surface area contributed by atoms with Gasteiger partial charge in [-0.15, -0.1) is 0 Å². The summed E-state index contributed by atoms with van der Waals surface area (Å²) in [6.07, 6.45) is 0. The Morgan fingerprint density at radius 2 is 1.45 bits per heavy atom. The molecule has 2 aromatic rings. The van der Waals surface area contributed by atoms with Crippen LogP contribution in [0.4, 0.5) is 0 Å². The van der Waals surface area contributed by atoms with Gasteiger partial charge in [0.05, 0.1) is 6.54 Å². The number of rotatable bonds is 5. The molecule has 0 aromatic heterocycles. The Morgan fingerprint density at radius 3 is 2.09 bits per heavy atom. The fourth-order valence-corrected chi connectivity index (χ4v) is 2.36. The van der Waals surface area contributed by atoms with Crippen molar-refractivity contribution in [1.29, 1.82) is 0 Å². The molecule has 110 valence electrons. The van der Waals surface area contributed by atoms with Crippen LogP contribution in [0.1, 0.15) is 11.1 Å². The Morgan fingerprint density at radius 1 is 0.864 bits per heavy atom. The first-order valence-corrected chi connectivity index (χ1v) is 7.20. The lowest BCUT2D eigenvalue weighted by molar-refractivity contribution is -0.136. The van der Waals surface area contributed by atoms with E-state index in [1.807, 2.05) is 60.7 Å². The van der Waals surface area contributed by atoms with Gasteiger partial charge >= 0.3 is 0 Å². The Hall–Kier alpha value is -2.59. The predicted octanol–water partition coefficient (Wildman–Crippen LogP) is 1.94. The molecule has 1 saturated carbocycles. The van der Waals surface area contributed by atoms with Crippen molar-refractivity contribution >= 4 is 17.3 Å². The van der Waals surface area contributed by atoms with Gasteiger partial charge in [0.1, 0.15) is 11.8 Å².